The van der Waals surface area contributed by atoms with Crippen LogP contribution in [0.1, 0.15) is 0 Å². The van der Waals surface area contributed by atoms with Crippen molar-refractivity contribution in [3.63, 3.8) is 0 Å². The van der Waals surface area contributed by atoms with E-state index in [1.165, 1.54) is 0 Å². The third-order valence-electron chi connectivity index (χ3n) is 2.59. The maximum atomic E-state index is 11.5. The Balaban J connectivity index is 2.63. The first-order chi connectivity index (χ1) is 8.04. The van der Waals surface area contributed by atoms with E-state index in [2.05, 4.69) is 0 Å². The first-order valence-electron chi connectivity index (χ1n) is 5.13. The lowest BCUT2D eigenvalue weighted by Gasteiger charge is -2.03. The lowest BCUT2D eigenvalue weighted by Crippen LogP contribution is -2.11. The second-order valence-corrected chi connectivity index (χ2v) is 5.27. The number of methoxy groups -OCH3 is 1. The van der Waals surface area contributed by atoms with Crippen LogP contribution in [0.5, 0.6) is 0 Å². The molecule has 0 amide bonds. The average Bonchev–Trinajstić information content (AvgIpc) is 2.65. The number of benzene rings is 1. The molecule has 0 saturated carbocycles. The van der Waals surface area contributed by atoms with E-state index in [4.69, 9.17) is 9.88 Å². The number of fused-ring (bicyclic) bond motifs is 1. The van der Waals surface area contributed by atoms with Gasteiger partial charge in [-0.3, -0.25) is 0 Å². The van der Waals surface area contributed by atoms with Crippen LogP contribution in [0.2, 0.25) is 0 Å². The molecule has 5 nitrogen and oxygen atoms in total. The fourth-order valence-electron chi connectivity index (χ4n) is 1.81. The first-order valence-corrected chi connectivity index (χ1v) is 6.68. The van der Waals surface area contributed by atoms with Crippen molar-refractivity contribution in [2.45, 2.75) is 11.4 Å². The minimum atomic E-state index is -3.70. The lowest BCUT2D eigenvalue weighted by atomic mass is 10.2. The lowest BCUT2D eigenvalue weighted by molar-refractivity contribution is 0.188. The fraction of sp³-hybridized carbons (Fsp3) is 0.273. The van der Waals surface area contributed by atoms with Crippen molar-refractivity contribution in [3.8, 4) is 0 Å². The number of ether oxygens (including phenoxy) is 1. The number of sulfonamides is 1. The molecule has 0 atom stereocenters. The number of primary sulfonamides is 1. The molecule has 0 radical (unpaired) electrons. The third-order valence-corrected chi connectivity index (χ3v) is 3.53. The molecule has 0 aliphatic heterocycles. The summed E-state index contributed by atoms with van der Waals surface area (Å²) in [6.07, 6.45) is 1.55. The molecule has 0 saturated heterocycles. The third kappa shape index (κ3) is 2.33. The Bertz CT molecular complexity index is 631. The smallest absolute Gasteiger partial charge is 0.240 e. The largest absolute Gasteiger partial charge is 0.383 e. The molecular formula is C11H14N2O3S. The van der Waals surface area contributed by atoms with Gasteiger partial charge in [0, 0.05) is 30.8 Å². The van der Waals surface area contributed by atoms with Gasteiger partial charge in [-0.1, -0.05) is 18.2 Å². The van der Waals surface area contributed by atoms with Crippen molar-refractivity contribution in [2.75, 3.05) is 13.7 Å². The van der Waals surface area contributed by atoms with E-state index in [1.54, 1.807) is 25.4 Å². The number of para-hydroxylation sites is 1. The molecule has 6 heteroatoms. The summed E-state index contributed by atoms with van der Waals surface area (Å²) >= 11 is 0. The summed E-state index contributed by atoms with van der Waals surface area (Å²) in [6, 6.07) is 7.26. The van der Waals surface area contributed by atoms with Crippen molar-refractivity contribution in [1.29, 1.82) is 0 Å². The van der Waals surface area contributed by atoms with E-state index in [0.29, 0.717) is 18.5 Å². The minimum absolute atomic E-state index is 0.157. The number of nitrogens with zero attached hydrogens (tertiary/aromatic N) is 1. The normalized spacial score (nSPS) is 12.1. The number of rotatable bonds is 4. The van der Waals surface area contributed by atoms with Crippen molar-refractivity contribution in [2.24, 2.45) is 5.14 Å². The second-order valence-electron chi connectivity index (χ2n) is 3.74. The Morgan fingerprint density at radius 2 is 2.06 bits per heavy atom. The van der Waals surface area contributed by atoms with Crippen LogP contribution in [0.15, 0.2) is 35.4 Å². The zero-order valence-corrected chi connectivity index (χ0v) is 10.3. The van der Waals surface area contributed by atoms with Gasteiger partial charge in [-0.25, -0.2) is 13.6 Å². The minimum Gasteiger partial charge on any atom is -0.383 e. The molecule has 0 aliphatic rings. The summed E-state index contributed by atoms with van der Waals surface area (Å²) in [5.74, 6) is 0. The van der Waals surface area contributed by atoms with Gasteiger partial charge >= 0.3 is 0 Å². The molecule has 1 heterocycles. The summed E-state index contributed by atoms with van der Waals surface area (Å²) in [5.41, 5.74) is 0.841. The SMILES string of the molecule is COCCn1cc(S(N)(=O)=O)c2ccccc21. The molecule has 0 spiro atoms. The van der Waals surface area contributed by atoms with Crippen molar-refractivity contribution < 1.29 is 13.2 Å². The zero-order chi connectivity index (χ0) is 12.5. The summed E-state index contributed by atoms with van der Waals surface area (Å²) in [6.45, 7) is 1.11. The van der Waals surface area contributed by atoms with E-state index in [1.807, 2.05) is 16.7 Å². The number of nitrogens with two attached hydrogens (primary N) is 1. The Hall–Kier alpha value is -1.37. The van der Waals surface area contributed by atoms with Gasteiger partial charge in [0.2, 0.25) is 10.0 Å². The maximum absolute atomic E-state index is 11.5. The van der Waals surface area contributed by atoms with Gasteiger partial charge in [0.05, 0.1) is 6.61 Å². The average molecular weight is 254 g/mol. The van der Waals surface area contributed by atoms with Gasteiger partial charge in [0.15, 0.2) is 0 Å². The van der Waals surface area contributed by atoms with E-state index in [-0.39, 0.29) is 4.90 Å². The van der Waals surface area contributed by atoms with Gasteiger partial charge in [0.1, 0.15) is 4.90 Å². The van der Waals surface area contributed by atoms with E-state index in [0.717, 1.165) is 5.52 Å². The topological polar surface area (TPSA) is 74.3 Å². The van der Waals surface area contributed by atoms with Gasteiger partial charge in [-0.15, -0.1) is 0 Å². The summed E-state index contributed by atoms with van der Waals surface area (Å²) in [4.78, 5) is 0.157. The highest BCUT2D eigenvalue weighted by atomic mass is 32.2. The van der Waals surface area contributed by atoms with E-state index in [9.17, 15) is 8.42 Å². The summed E-state index contributed by atoms with van der Waals surface area (Å²) < 4.78 is 29.8. The molecule has 1 aromatic heterocycles. The van der Waals surface area contributed by atoms with Gasteiger partial charge in [-0.05, 0) is 6.07 Å². The molecule has 0 bridgehead atoms. The monoisotopic (exact) mass is 254 g/mol. The molecule has 2 N–H and O–H groups in total. The predicted molar refractivity (Wildman–Crippen MR) is 65.2 cm³/mol. The fourth-order valence-corrected chi connectivity index (χ4v) is 2.57. The summed E-state index contributed by atoms with van der Waals surface area (Å²) in [7, 11) is -2.09. The molecule has 1 aromatic carbocycles. The Kier molecular flexibility index (Phi) is 3.19. The second kappa shape index (κ2) is 4.48. The van der Waals surface area contributed by atoms with Gasteiger partial charge < -0.3 is 9.30 Å². The molecule has 0 unspecified atom stereocenters. The highest BCUT2D eigenvalue weighted by molar-refractivity contribution is 7.89. The van der Waals surface area contributed by atoms with Crippen LogP contribution in [0.4, 0.5) is 0 Å². The van der Waals surface area contributed by atoms with Crippen LogP contribution >= 0.6 is 0 Å². The Morgan fingerprint density at radius 1 is 1.35 bits per heavy atom. The molecule has 2 rings (SSSR count). The number of hydrogen-bond acceptors (Lipinski definition) is 3. The van der Waals surface area contributed by atoms with Crippen molar-refractivity contribution >= 4 is 20.9 Å². The van der Waals surface area contributed by atoms with Gasteiger partial charge in [0.25, 0.3) is 0 Å². The standard InChI is InChI=1S/C11H14N2O3S/c1-16-7-6-13-8-11(17(12,14)15)9-4-2-3-5-10(9)13/h2-5,8H,6-7H2,1H3,(H2,12,14,15). The van der Waals surface area contributed by atoms with Crippen LogP contribution < -0.4 is 5.14 Å². The molecule has 2 aromatic rings. The summed E-state index contributed by atoms with van der Waals surface area (Å²) in [5, 5.41) is 5.84. The van der Waals surface area contributed by atoms with Crippen molar-refractivity contribution in [1.82, 2.24) is 4.57 Å². The highest BCUT2D eigenvalue weighted by Crippen LogP contribution is 2.24. The van der Waals surface area contributed by atoms with Gasteiger partial charge in [-0.2, -0.15) is 0 Å². The number of aromatic nitrogens is 1. The molecule has 0 fully saturated rings. The van der Waals surface area contributed by atoms with Crippen LogP contribution in [-0.2, 0) is 21.3 Å². The first kappa shape index (κ1) is 12.1. The molecule has 17 heavy (non-hydrogen) atoms. The van der Waals surface area contributed by atoms with Crippen LogP contribution in [0.3, 0.4) is 0 Å². The molecule has 92 valence electrons. The van der Waals surface area contributed by atoms with E-state index < -0.39 is 10.0 Å². The molecular weight excluding hydrogens is 240 g/mol. The predicted octanol–water partition coefficient (Wildman–Crippen LogP) is 0.935. The zero-order valence-electron chi connectivity index (χ0n) is 9.46. The Labute approximate surface area is 99.8 Å². The van der Waals surface area contributed by atoms with Crippen LogP contribution in [0, 0.1) is 0 Å². The van der Waals surface area contributed by atoms with Crippen molar-refractivity contribution in [3.05, 3.63) is 30.5 Å². The van der Waals surface area contributed by atoms with E-state index >= 15 is 0 Å². The quantitative estimate of drug-likeness (QED) is 0.882. The number of hydrogen-bond donors (Lipinski definition) is 1. The maximum Gasteiger partial charge on any atom is 0.240 e. The molecule has 0 aliphatic carbocycles. The highest BCUT2D eigenvalue weighted by Gasteiger charge is 2.16. The van der Waals surface area contributed by atoms with Crippen LogP contribution in [0.25, 0.3) is 10.9 Å². The van der Waals surface area contributed by atoms with Crippen LogP contribution in [-0.4, -0.2) is 26.7 Å². The Morgan fingerprint density at radius 3 is 2.71 bits per heavy atom.